The van der Waals surface area contributed by atoms with Gasteiger partial charge in [-0.1, -0.05) is 31.2 Å². The van der Waals surface area contributed by atoms with Crippen LogP contribution in [0.1, 0.15) is 63.6 Å². The molecule has 118 valence electrons. The molecule has 0 saturated carbocycles. The molecule has 0 spiro atoms. The summed E-state index contributed by atoms with van der Waals surface area (Å²) < 4.78 is 5.80. The fourth-order valence-corrected chi connectivity index (χ4v) is 3.38. The normalized spacial score (nSPS) is 22.1. The molecule has 0 bridgehead atoms. The average Bonchev–Trinajstić information content (AvgIpc) is 2.64. The standard InChI is InChI=1S/C19H31NO/c1-4-13-20-19-17(12-14-21-15(2)3)10-7-9-16-8-5-6-11-18(16)19/h5-6,8,11,15,17,19-20H,4,7,9-10,12-14H2,1-3H3. The largest absolute Gasteiger partial charge is 0.379 e. The number of fused-ring (bicyclic) bond motifs is 1. The van der Waals surface area contributed by atoms with E-state index in [4.69, 9.17) is 4.74 Å². The summed E-state index contributed by atoms with van der Waals surface area (Å²) in [6, 6.07) is 9.50. The van der Waals surface area contributed by atoms with Crippen LogP contribution in [0.3, 0.4) is 0 Å². The summed E-state index contributed by atoms with van der Waals surface area (Å²) in [5.41, 5.74) is 3.07. The molecule has 1 N–H and O–H groups in total. The zero-order chi connectivity index (χ0) is 15.1. The molecule has 0 aliphatic heterocycles. The first-order valence-corrected chi connectivity index (χ1v) is 8.65. The van der Waals surface area contributed by atoms with Crippen molar-refractivity contribution in [2.24, 2.45) is 5.92 Å². The first-order valence-electron chi connectivity index (χ1n) is 8.65. The Morgan fingerprint density at radius 2 is 2.10 bits per heavy atom. The highest BCUT2D eigenvalue weighted by molar-refractivity contribution is 5.31. The molecule has 0 aromatic heterocycles. The third-order valence-corrected chi connectivity index (χ3v) is 4.44. The van der Waals surface area contributed by atoms with Crippen LogP contribution in [0.15, 0.2) is 24.3 Å². The summed E-state index contributed by atoms with van der Waals surface area (Å²) in [6.45, 7) is 8.46. The van der Waals surface area contributed by atoms with Crippen molar-refractivity contribution in [3.05, 3.63) is 35.4 Å². The molecule has 2 atom stereocenters. The maximum Gasteiger partial charge on any atom is 0.0518 e. The Bertz CT molecular complexity index is 416. The number of ether oxygens (including phenoxy) is 1. The summed E-state index contributed by atoms with van der Waals surface area (Å²) >= 11 is 0. The third kappa shape index (κ3) is 4.82. The quantitative estimate of drug-likeness (QED) is 0.746. The van der Waals surface area contributed by atoms with Crippen molar-refractivity contribution >= 4 is 0 Å². The molecule has 2 rings (SSSR count). The predicted octanol–water partition coefficient (Wildman–Crippen LogP) is 4.49. The molecule has 1 aliphatic carbocycles. The van der Waals surface area contributed by atoms with Crippen LogP contribution in [0.25, 0.3) is 0 Å². The van der Waals surface area contributed by atoms with Crippen molar-refractivity contribution in [1.82, 2.24) is 5.32 Å². The minimum Gasteiger partial charge on any atom is -0.379 e. The van der Waals surface area contributed by atoms with Crippen molar-refractivity contribution in [3.8, 4) is 0 Å². The van der Waals surface area contributed by atoms with Gasteiger partial charge in [-0.25, -0.2) is 0 Å². The monoisotopic (exact) mass is 289 g/mol. The van der Waals surface area contributed by atoms with Crippen LogP contribution in [0.2, 0.25) is 0 Å². The Labute approximate surface area is 130 Å². The summed E-state index contributed by atoms with van der Waals surface area (Å²) in [5, 5.41) is 3.80. The number of hydrogen-bond donors (Lipinski definition) is 1. The van der Waals surface area contributed by atoms with E-state index in [0.29, 0.717) is 18.1 Å². The molecule has 0 amide bonds. The average molecular weight is 289 g/mol. The van der Waals surface area contributed by atoms with E-state index in [1.807, 2.05) is 0 Å². The Balaban J connectivity index is 2.10. The Hall–Kier alpha value is -0.860. The number of nitrogens with one attached hydrogen (secondary N) is 1. The molecule has 2 nitrogen and oxygen atoms in total. The maximum atomic E-state index is 5.80. The Kier molecular flexibility index (Phi) is 6.72. The number of rotatable bonds is 7. The molecular formula is C19H31NO. The molecule has 0 heterocycles. The predicted molar refractivity (Wildman–Crippen MR) is 89.6 cm³/mol. The van der Waals surface area contributed by atoms with Crippen LogP contribution in [0.5, 0.6) is 0 Å². The SMILES string of the molecule is CCCNC1c2ccccc2CCCC1CCOC(C)C. The van der Waals surface area contributed by atoms with Gasteiger partial charge in [-0.15, -0.1) is 0 Å². The van der Waals surface area contributed by atoms with Crippen molar-refractivity contribution in [2.45, 2.75) is 65.0 Å². The van der Waals surface area contributed by atoms with Crippen LogP contribution < -0.4 is 5.32 Å². The van der Waals surface area contributed by atoms with Crippen LogP contribution >= 0.6 is 0 Å². The van der Waals surface area contributed by atoms with E-state index >= 15 is 0 Å². The van der Waals surface area contributed by atoms with E-state index in [-0.39, 0.29) is 0 Å². The van der Waals surface area contributed by atoms with E-state index < -0.39 is 0 Å². The van der Waals surface area contributed by atoms with Gasteiger partial charge >= 0.3 is 0 Å². The molecule has 1 aliphatic rings. The minimum absolute atomic E-state index is 0.338. The Morgan fingerprint density at radius 3 is 2.86 bits per heavy atom. The van der Waals surface area contributed by atoms with Gasteiger partial charge in [-0.3, -0.25) is 0 Å². The molecule has 2 heteroatoms. The highest BCUT2D eigenvalue weighted by atomic mass is 16.5. The highest BCUT2D eigenvalue weighted by Crippen LogP contribution is 2.35. The zero-order valence-corrected chi connectivity index (χ0v) is 13.9. The van der Waals surface area contributed by atoms with Crippen LogP contribution in [0, 0.1) is 5.92 Å². The van der Waals surface area contributed by atoms with Gasteiger partial charge in [0.25, 0.3) is 0 Å². The third-order valence-electron chi connectivity index (χ3n) is 4.44. The number of benzene rings is 1. The smallest absolute Gasteiger partial charge is 0.0518 e. The zero-order valence-electron chi connectivity index (χ0n) is 13.9. The van der Waals surface area contributed by atoms with Gasteiger partial charge in [0, 0.05) is 12.6 Å². The Morgan fingerprint density at radius 1 is 1.29 bits per heavy atom. The molecular weight excluding hydrogens is 258 g/mol. The van der Waals surface area contributed by atoms with Crippen molar-refractivity contribution in [3.63, 3.8) is 0 Å². The molecule has 1 aromatic rings. The van der Waals surface area contributed by atoms with Crippen molar-refractivity contribution < 1.29 is 4.74 Å². The molecule has 0 fully saturated rings. The number of aryl methyl sites for hydroxylation is 1. The number of hydrogen-bond acceptors (Lipinski definition) is 2. The van der Waals surface area contributed by atoms with Crippen LogP contribution in [0.4, 0.5) is 0 Å². The van der Waals surface area contributed by atoms with E-state index in [1.54, 1.807) is 5.56 Å². The van der Waals surface area contributed by atoms with Gasteiger partial charge in [0.1, 0.15) is 0 Å². The fraction of sp³-hybridized carbons (Fsp3) is 0.684. The second-order valence-electron chi connectivity index (χ2n) is 6.49. The van der Waals surface area contributed by atoms with Gasteiger partial charge in [0.2, 0.25) is 0 Å². The summed E-state index contributed by atoms with van der Waals surface area (Å²) in [4.78, 5) is 0. The van der Waals surface area contributed by atoms with E-state index in [2.05, 4.69) is 50.4 Å². The first-order chi connectivity index (χ1) is 10.2. The lowest BCUT2D eigenvalue weighted by molar-refractivity contribution is 0.0635. The lowest BCUT2D eigenvalue weighted by Gasteiger charge is -2.28. The molecule has 0 radical (unpaired) electrons. The summed E-state index contributed by atoms with van der Waals surface area (Å²) in [5.74, 6) is 0.693. The van der Waals surface area contributed by atoms with Crippen molar-refractivity contribution in [1.29, 1.82) is 0 Å². The maximum absolute atomic E-state index is 5.80. The van der Waals surface area contributed by atoms with Gasteiger partial charge < -0.3 is 10.1 Å². The minimum atomic E-state index is 0.338. The molecule has 0 saturated heterocycles. The highest BCUT2D eigenvalue weighted by Gasteiger charge is 2.26. The molecule has 21 heavy (non-hydrogen) atoms. The van der Waals surface area contributed by atoms with Gasteiger partial charge in [-0.05, 0) is 69.5 Å². The summed E-state index contributed by atoms with van der Waals surface area (Å²) in [7, 11) is 0. The lowest BCUT2D eigenvalue weighted by atomic mass is 9.88. The topological polar surface area (TPSA) is 21.3 Å². The van der Waals surface area contributed by atoms with Gasteiger partial charge in [0.05, 0.1) is 6.10 Å². The fourth-order valence-electron chi connectivity index (χ4n) is 3.38. The lowest BCUT2D eigenvalue weighted by Crippen LogP contribution is -2.30. The second-order valence-corrected chi connectivity index (χ2v) is 6.49. The van der Waals surface area contributed by atoms with Gasteiger partial charge in [-0.2, -0.15) is 0 Å². The van der Waals surface area contributed by atoms with Crippen LogP contribution in [-0.2, 0) is 11.2 Å². The van der Waals surface area contributed by atoms with Crippen molar-refractivity contribution in [2.75, 3.05) is 13.2 Å². The molecule has 1 aromatic carbocycles. The van der Waals surface area contributed by atoms with E-state index in [9.17, 15) is 0 Å². The van der Waals surface area contributed by atoms with Crippen LogP contribution in [-0.4, -0.2) is 19.3 Å². The van der Waals surface area contributed by atoms with E-state index in [1.165, 1.54) is 31.2 Å². The second kappa shape index (κ2) is 8.55. The molecule has 2 unspecified atom stereocenters. The van der Waals surface area contributed by atoms with E-state index in [0.717, 1.165) is 19.6 Å². The van der Waals surface area contributed by atoms with Gasteiger partial charge in [0.15, 0.2) is 0 Å². The summed E-state index contributed by atoms with van der Waals surface area (Å²) in [6.07, 6.45) is 6.51. The first kappa shape index (κ1) is 16.5.